The van der Waals surface area contributed by atoms with E-state index in [4.69, 9.17) is 14.2 Å². The summed E-state index contributed by atoms with van der Waals surface area (Å²) in [5.74, 6) is 1.27. The summed E-state index contributed by atoms with van der Waals surface area (Å²) in [4.78, 5) is 33.3. The van der Waals surface area contributed by atoms with Crippen LogP contribution in [0.25, 0.3) is 10.2 Å². The van der Waals surface area contributed by atoms with Crippen LogP contribution in [0.5, 0.6) is 11.5 Å². The molecule has 9 nitrogen and oxygen atoms in total. The molecule has 3 aliphatic heterocycles. The number of carbonyl (C=O) groups is 2. The van der Waals surface area contributed by atoms with Gasteiger partial charge in [-0.3, -0.25) is 4.90 Å². The van der Waals surface area contributed by atoms with E-state index in [1.165, 1.54) is 11.3 Å². The highest BCUT2D eigenvalue weighted by Crippen LogP contribution is 2.43. The van der Waals surface area contributed by atoms with E-state index >= 15 is 0 Å². The van der Waals surface area contributed by atoms with E-state index in [0.29, 0.717) is 41.7 Å². The Balaban J connectivity index is 1.43. The van der Waals surface area contributed by atoms with Crippen LogP contribution in [0.1, 0.15) is 27.2 Å². The second-order valence-corrected chi connectivity index (χ2v) is 9.36. The smallest absolute Gasteiger partial charge is 0.410 e. The molecule has 3 aliphatic rings. The molecule has 0 spiro atoms. The SMILES string of the molecule is CC(C)(C)OC(=O)N1CC[C@@H]2NC(=O)N(c3nc4c5c(ccc4s3)OCO5)[C@@H]2C1. The third kappa shape index (κ3) is 3.11. The average molecular weight is 418 g/mol. The molecule has 0 bridgehead atoms. The molecule has 0 unspecified atom stereocenters. The van der Waals surface area contributed by atoms with Crippen LogP contribution in [0, 0.1) is 0 Å². The number of thiazole rings is 1. The Morgan fingerprint density at radius 3 is 2.97 bits per heavy atom. The van der Waals surface area contributed by atoms with Crippen LogP contribution >= 0.6 is 11.3 Å². The first-order valence-electron chi connectivity index (χ1n) is 9.57. The van der Waals surface area contributed by atoms with Crippen molar-refractivity contribution in [2.24, 2.45) is 0 Å². The number of ether oxygens (including phenoxy) is 3. The molecule has 0 saturated carbocycles. The number of anilines is 1. The molecule has 1 aromatic heterocycles. The van der Waals surface area contributed by atoms with Crippen molar-refractivity contribution in [3.63, 3.8) is 0 Å². The molecule has 10 heteroatoms. The number of nitrogens with one attached hydrogen (secondary N) is 1. The van der Waals surface area contributed by atoms with Crippen molar-refractivity contribution in [3.8, 4) is 11.5 Å². The van der Waals surface area contributed by atoms with Crippen molar-refractivity contribution in [3.05, 3.63) is 12.1 Å². The largest absolute Gasteiger partial charge is 0.454 e. The van der Waals surface area contributed by atoms with Crippen molar-refractivity contribution in [1.29, 1.82) is 0 Å². The summed E-state index contributed by atoms with van der Waals surface area (Å²) < 4.78 is 17.4. The number of benzene rings is 1. The zero-order chi connectivity index (χ0) is 20.3. The summed E-state index contributed by atoms with van der Waals surface area (Å²) in [7, 11) is 0. The van der Waals surface area contributed by atoms with Gasteiger partial charge in [-0.25, -0.2) is 14.6 Å². The number of rotatable bonds is 1. The maximum absolute atomic E-state index is 12.7. The Labute approximate surface area is 171 Å². The Morgan fingerprint density at radius 1 is 1.34 bits per heavy atom. The fourth-order valence-corrected chi connectivity index (χ4v) is 4.93. The predicted molar refractivity (Wildman–Crippen MR) is 107 cm³/mol. The number of nitrogens with zero attached hydrogens (tertiary/aromatic N) is 3. The molecule has 2 atom stereocenters. The normalized spacial score (nSPS) is 23.3. The number of piperidine rings is 1. The predicted octanol–water partition coefficient (Wildman–Crippen LogP) is 2.93. The zero-order valence-corrected chi connectivity index (χ0v) is 17.2. The maximum Gasteiger partial charge on any atom is 0.410 e. The lowest BCUT2D eigenvalue weighted by molar-refractivity contribution is 0.0192. The van der Waals surface area contributed by atoms with E-state index in [9.17, 15) is 9.59 Å². The molecule has 0 radical (unpaired) electrons. The minimum Gasteiger partial charge on any atom is -0.454 e. The second kappa shape index (κ2) is 6.38. The first-order chi connectivity index (χ1) is 13.8. The van der Waals surface area contributed by atoms with Crippen LogP contribution in [0.15, 0.2) is 12.1 Å². The molecule has 2 saturated heterocycles. The van der Waals surface area contributed by atoms with Gasteiger partial charge in [0.2, 0.25) is 6.79 Å². The summed E-state index contributed by atoms with van der Waals surface area (Å²) in [6.45, 7) is 6.64. The molecule has 5 rings (SSSR count). The van der Waals surface area contributed by atoms with E-state index in [0.717, 1.165) is 4.70 Å². The first-order valence-corrected chi connectivity index (χ1v) is 10.4. The van der Waals surface area contributed by atoms with Gasteiger partial charge in [0.1, 0.15) is 11.1 Å². The summed E-state index contributed by atoms with van der Waals surface area (Å²) in [6.07, 6.45) is 0.312. The molecule has 3 amide bonds. The topological polar surface area (TPSA) is 93.2 Å². The molecular weight excluding hydrogens is 396 g/mol. The highest BCUT2D eigenvalue weighted by molar-refractivity contribution is 7.22. The number of hydrogen-bond donors (Lipinski definition) is 1. The lowest BCUT2D eigenvalue weighted by Gasteiger charge is -2.37. The number of urea groups is 1. The Bertz CT molecular complexity index is 1000. The van der Waals surface area contributed by atoms with E-state index in [2.05, 4.69) is 10.3 Å². The first kappa shape index (κ1) is 18.3. The van der Waals surface area contributed by atoms with Gasteiger partial charge >= 0.3 is 12.1 Å². The van der Waals surface area contributed by atoms with Gasteiger partial charge in [0.25, 0.3) is 0 Å². The molecule has 2 aromatic rings. The van der Waals surface area contributed by atoms with Crippen molar-refractivity contribution >= 4 is 38.8 Å². The Morgan fingerprint density at radius 2 is 2.17 bits per heavy atom. The van der Waals surface area contributed by atoms with Crippen LogP contribution in [-0.2, 0) is 4.74 Å². The summed E-state index contributed by atoms with van der Waals surface area (Å²) in [5, 5.41) is 3.61. The van der Waals surface area contributed by atoms with Crippen molar-refractivity contribution in [2.75, 3.05) is 24.8 Å². The van der Waals surface area contributed by atoms with Gasteiger partial charge < -0.3 is 24.4 Å². The highest BCUT2D eigenvalue weighted by atomic mass is 32.1. The Kier molecular flexibility index (Phi) is 4.02. The summed E-state index contributed by atoms with van der Waals surface area (Å²) >= 11 is 1.42. The van der Waals surface area contributed by atoms with Crippen LogP contribution in [0.4, 0.5) is 14.7 Å². The monoisotopic (exact) mass is 418 g/mol. The Hall–Kier alpha value is -2.75. The fourth-order valence-electron chi connectivity index (χ4n) is 3.91. The third-order valence-electron chi connectivity index (χ3n) is 5.18. The minimum atomic E-state index is -0.563. The van der Waals surface area contributed by atoms with Crippen LogP contribution in [0.2, 0.25) is 0 Å². The van der Waals surface area contributed by atoms with Crippen LogP contribution in [-0.4, -0.2) is 59.6 Å². The fraction of sp³-hybridized carbons (Fsp3) is 0.526. The second-order valence-electron chi connectivity index (χ2n) is 8.35. The van der Waals surface area contributed by atoms with Gasteiger partial charge in [-0.1, -0.05) is 11.3 Å². The van der Waals surface area contributed by atoms with Gasteiger partial charge in [-0.15, -0.1) is 0 Å². The molecular formula is C19H22N4O5S. The molecule has 2 fully saturated rings. The van der Waals surface area contributed by atoms with Crippen LogP contribution in [0.3, 0.4) is 0 Å². The van der Waals surface area contributed by atoms with Gasteiger partial charge in [-0.2, -0.15) is 0 Å². The standard InChI is InChI=1S/C19H22N4O5S/c1-19(2,3)28-18(25)22-7-6-10-11(8-22)23(16(24)20-10)17-21-14-13(29-17)5-4-12-15(14)27-9-26-12/h4-5,10-11H,6-9H2,1-3H3,(H,20,24)/t10-,11+/m0/s1. The third-order valence-corrected chi connectivity index (χ3v) is 6.20. The summed E-state index contributed by atoms with van der Waals surface area (Å²) in [5.41, 5.74) is 0.128. The van der Waals surface area contributed by atoms with Crippen molar-refractivity contribution in [1.82, 2.24) is 15.2 Å². The van der Waals surface area contributed by atoms with Gasteiger partial charge in [0.05, 0.1) is 16.8 Å². The molecule has 0 aliphatic carbocycles. The highest BCUT2D eigenvalue weighted by Gasteiger charge is 2.46. The number of likely N-dealkylation sites (tertiary alicyclic amines) is 1. The molecule has 1 aromatic carbocycles. The number of carbonyl (C=O) groups excluding carboxylic acids is 2. The number of aromatic nitrogens is 1. The quantitative estimate of drug-likeness (QED) is 0.765. The van der Waals surface area contributed by atoms with E-state index in [1.54, 1.807) is 9.80 Å². The van der Waals surface area contributed by atoms with Gasteiger partial charge in [0.15, 0.2) is 16.6 Å². The molecule has 29 heavy (non-hydrogen) atoms. The lowest BCUT2D eigenvalue weighted by Crippen LogP contribution is -2.54. The molecule has 1 N–H and O–H groups in total. The number of fused-ring (bicyclic) bond motifs is 4. The average Bonchev–Trinajstić information content (AvgIpc) is 3.34. The molecule has 4 heterocycles. The van der Waals surface area contributed by atoms with E-state index in [-0.39, 0.29) is 31.0 Å². The van der Waals surface area contributed by atoms with Crippen LogP contribution < -0.4 is 19.7 Å². The van der Waals surface area contributed by atoms with Gasteiger partial charge in [-0.05, 0) is 39.3 Å². The molecule has 154 valence electrons. The minimum absolute atomic E-state index is 0.0292. The summed E-state index contributed by atoms with van der Waals surface area (Å²) in [6, 6.07) is 3.35. The van der Waals surface area contributed by atoms with Crippen molar-refractivity contribution in [2.45, 2.75) is 44.9 Å². The number of amides is 3. The van der Waals surface area contributed by atoms with Gasteiger partial charge in [0, 0.05) is 13.1 Å². The maximum atomic E-state index is 12.7. The van der Waals surface area contributed by atoms with E-state index < -0.39 is 5.60 Å². The van der Waals surface area contributed by atoms with E-state index in [1.807, 2.05) is 32.9 Å². The zero-order valence-electron chi connectivity index (χ0n) is 16.4. The lowest BCUT2D eigenvalue weighted by atomic mass is 10.0. The van der Waals surface area contributed by atoms with Crippen molar-refractivity contribution < 1.29 is 23.8 Å². The number of hydrogen-bond acceptors (Lipinski definition) is 7.